The highest BCUT2D eigenvalue weighted by molar-refractivity contribution is 7.10. The second kappa shape index (κ2) is 7.80. The van der Waals surface area contributed by atoms with Gasteiger partial charge in [0.05, 0.1) is 18.6 Å². The molecule has 1 saturated heterocycles. The van der Waals surface area contributed by atoms with E-state index in [1.165, 1.54) is 0 Å². The van der Waals surface area contributed by atoms with Crippen molar-refractivity contribution >= 4 is 28.8 Å². The van der Waals surface area contributed by atoms with E-state index in [9.17, 15) is 9.59 Å². The van der Waals surface area contributed by atoms with Crippen LogP contribution in [0.4, 0.5) is 5.69 Å². The van der Waals surface area contributed by atoms with Crippen molar-refractivity contribution in [1.29, 1.82) is 0 Å². The van der Waals surface area contributed by atoms with Gasteiger partial charge in [0.25, 0.3) is 0 Å². The average Bonchev–Trinajstić information content (AvgIpc) is 3.14. The van der Waals surface area contributed by atoms with Crippen molar-refractivity contribution in [2.75, 3.05) is 18.1 Å². The molecule has 2 atom stereocenters. The third-order valence-electron chi connectivity index (χ3n) is 4.49. The van der Waals surface area contributed by atoms with Crippen LogP contribution in [0.25, 0.3) is 0 Å². The maximum Gasteiger partial charge on any atom is 0.227 e. The van der Waals surface area contributed by atoms with Gasteiger partial charge in [0.1, 0.15) is 0 Å². The Morgan fingerprint density at radius 2 is 2.08 bits per heavy atom. The first-order valence-corrected chi connectivity index (χ1v) is 9.30. The van der Waals surface area contributed by atoms with Crippen LogP contribution in [0, 0.1) is 12.8 Å². The number of piperidine rings is 1. The molecule has 0 spiro atoms. The van der Waals surface area contributed by atoms with E-state index in [1.807, 2.05) is 48.7 Å². The van der Waals surface area contributed by atoms with Crippen molar-refractivity contribution in [3.63, 3.8) is 0 Å². The molecule has 5 nitrogen and oxygen atoms in total. The van der Waals surface area contributed by atoms with Gasteiger partial charge in [-0.1, -0.05) is 23.8 Å². The number of nitrogens with one attached hydrogen (secondary N) is 1. The van der Waals surface area contributed by atoms with Crippen molar-refractivity contribution in [2.45, 2.75) is 25.8 Å². The number of aliphatic hydroxyl groups excluding tert-OH is 1. The Kier molecular flexibility index (Phi) is 5.50. The van der Waals surface area contributed by atoms with Gasteiger partial charge in [-0.3, -0.25) is 9.59 Å². The van der Waals surface area contributed by atoms with Crippen LogP contribution in [-0.2, 0) is 9.59 Å². The van der Waals surface area contributed by atoms with Gasteiger partial charge < -0.3 is 15.3 Å². The number of amides is 2. The van der Waals surface area contributed by atoms with Crippen LogP contribution in [0.15, 0.2) is 41.8 Å². The first kappa shape index (κ1) is 17.6. The molecule has 2 aromatic rings. The molecule has 2 amide bonds. The van der Waals surface area contributed by atoms with Crippen LogP contribution < -0.4 is 10.2 Å². The Morgan fingerprint density at radius 1 is 1.32 bits per heavy atom. The minimum atomic E-state index is -0.329. The van der Waals surface area contributed by atoms with Crippen molar-refractivity contribution in [1.82, 2.24) is 5.32 Å². The standard InChI is InChI=1S/C19H22N2O3S/c1-13-4-6-14(7-5-13)21-17(23)9-8-15(19(24)20-10-11-22)18(21)16-3-2-12-25-16/h2-7,12,15,18,22H,8-11H2,1H3,(H,20,24). The van der Waals surface area contributed by atoms with E-state index in [0.29, 0.717) is 12.8 Å². The first-order chi connectivity index (χ1) is 12.1. The molecule has 0 aliphatic carbocycles. The molecule has 1 aliphatic heterocycles. The smallest absolute Gasteiger partial charge is 0.227 e. The predicted molar refractivity (Wildman–Crippen MR) is 98.5 cm³/mol. The molecule has 0 bridgehead atoms. The first-order valence-electron chi connectivity index (χ1n) is 8.42. The number of carbonyl (C=O) groups excluding carboxylic acids is 2. The Labute approximate surface area is 151 Å². The lowest BCUT2D eigenvalue weighted by atomic mass is 9.86. The van der Waals surface area contributed by atoms with Gasteiger partial charge >= 0.3 is 0 Å². The van der Waals surface area contributed by atoms with Gasteiger partial charge in [0.15, 0.2) is 0 Å². The lowest BCUT2D eigenvalue weighted by molar-refractivity contribution is -0.129. The topological polar surface area (TPSA) is 69.6 Å². The maximum absolute atomic E-state index is 12.7. The van der Waals surface area contributed by atoms with Gasteiger partial charge in [-0.25, -0.2) is 0 Å². The monoisotopic (exact) mass is 358 g/mol. The Morgan fingerprint density at radius 3 is 2.72 bits per heavy atom. The number of nitrogens with zero attached hydrogens (tertiary/aromatic N) is 1. The molecule has 2 unspecified atom stereocenters. The van der Waals surface area contributed by atoms with Crippen LogP contribution in [-0.4, -0.2) is 30.1 Å². The Hall–Kier alpha value is -2.18. The number of hydrogen-bond donors (Lipinski definition) is 2. The molecule has 2 heterocycles. The molecule has 0 saturated carbocycles. The molecular weight excluding hydrogens is 336 g/mol. The summed E-state index contributed by atoms with van der Waals surface area (Å²) in [6.07, 6.45) is 0.855. The molecule has 1 aliphatic rings. The number of thiophene rings is 1. The molecule has 1 aromatic heterocycles. The van der Waals surface area contributed by atoms with E-state index in [0.717, 1.165) is 16.1 Å². The summed E-state index contributed by atoms with van der Waals surface area (Å²) in [5.74, 6) is -0.408. The van der Waals surface area contributed by atoms with E-state index in [2.05, 4.69) is 5.32 Å². The number of rotatable bonds is 5. The van der Waals surface area contributed by atoms with Crippen LogP contribution in [0.2, 0.25) is 0 Å². The van der Waals surface area contributed by atoms with Gasteiger partial charge in [-0.05, 0) is 36.9 Å². The second-order valence-electron chi connectivity index (χ2n) is 6.22. The fraction of sp³-hybridized carbons (Fsp3) is 0.368. The van der Waals surface area contributed by atoms with Crippen molar-refractivity contribution in [3.8, 4) is 0 Å². The number of aliphatic hydroxyl groups is 1. The quantitative estimate of drug-likeness (QED) is 0.863. The molecule has 25 heavy (non-hydrogen) atoms. The molecule has 132 valence electrons. The van der Waals surface area contributed by atoms with Crippen LogP contribution in [0.3, 0.4) is 0 Å². The largest absolute Gasteiger partial charge is 0.395 e. The maximum atomic E-state index is 12.7. The molecule has 3 rings (SSSR count). The van der Waals surface area contributed by atoms with E-state index < -0.39 is 0 Å². The lowest BCUT2D eigenvalue weighted by Crippen LogP contribution is -2.48. The van der Waals surface area contributed by atoms with Crippen molar-refractivity contribution in [3.05, 3.63) is 52.2 Å². The number of aryl methyl sites for hydroxylation is 1. The molecule has 2 N–H and O–H groups in total. The highest BCUT2D eigenvalue weighted by Crippen LogP contribution is 2.41. The molecule has 0 radical (unpaired) electrons. The van der Waals surface area contributed by atoms with Gasteiger partial charge in [0.2, 0.25) is 11.8 Å². The van der Waals surface area contributed by atoms with Crippen LogP contribution in [0.1, 0.15) is 29.3 Å². The molecule has 6 heteroatoms. The fourth-order valence-corrected chi connectivity index (χ4v) is 4.15. The van der Waals surface area contributed by atoms with E-state index >= 15 is 0 Å². The third kappa shape index (κ3) is 3.75. The number of benzene rings is 1. The van der Waals surface area contributed by atoms with Gasteiger partial charge in [0, 0.05) is 23.5 Å². The summed E-state index contributed by atoms with van der Waals surface area (Å²) in [4.78, 5) is 28.1. The Bertz CT molecular complexity index is 728. The van der Waals surface area contributed by atoms with Gasteiger partial charge in [-0.2, -0.15) is 0 Å². The summed E-state index contributed by atoms with van der Waals surface area (Å²) in [5.41, 5.74) is 1.94. The van der Waals surface area contributed by atoms with E-state index in [1.54, 1.807) is 16.2 Å². The third-order valence-corrected chi connectivity index (χ3v) is 5.43. The van der Waals surface area contributed by atoms with E-state index in [4.69, 9.17) is 5.11 Å². The Balaban J connectivity index is 1.99. The highest BCUT2D eigenvalue weighted by Gasteiger charge is 2.41. The number of hydrogen-bond acceptors (Lipinski definition) is 4. The zero-order valence-electron chi connectivity index (χ0n) is 14.1. The fourth-order valence-electron chi connectivity index (χ4n) is 3.27. The highest BCUT2D eigenvalue weighted by atomic mass is 32.1. The van der Waals surface area contributed by atoms with Gasteiger partial charge in [-0.15, -0.1) is 11.3 Å². The molecular formula is C19H22N2O3S. The molecule has 1 fully saturated rings. The second-order valence-corrected chi connectivity index (χ2v) is 7.20. The zero-order chi connectivity index (χ0) is 17.8. The number of anilines is 1. The summed E-state index contributed by atoms with van der Waals surface area (Å²) < 4.78 is 0. The summed E-state index contributed by atoms with van der Waals surface area (Å²) in [5, 5.41) is 13.7. The minimum absolute atomic E-state index is 0.0356. The lowest BCUT2D eigenvalue weighted by Gasteiger charge is -2.40. The summed E-state index contributed by atoms with van der Waals surface area (Å²) in [7, 11) is 0. The van der Waals surface area contributed by atoms with Crippen molar-refractivity contribution < 1.29 is 14.7 Å². The van der Waals surface area contributed by atoms with Crippen molar-refractivity contribution in [2.24, 2.45) is 5.92 Å². The molecule has 1 aromatic carbocycles. The van der Waals surface area contributed by atoms with Crippen LogP contribution in [0.5, 0.6) is 0 Å². The number of carbonyl (C=O) groups is 2. The van der Waals surface area contributed by atoms with E-state index in [-0.39, 0.29) is 36.9 Å². The average molecular weight is 358 g/mol. The van der Waals surface area contributed by atoms with Crippen LogP contribution >= 0.6 is 11.3 Å². The SMILES string of the molecule is Cc1ccc(N2C(=O)CCC(C(=O)NCCO)C2c2cccs2)cc1. The summed E-state index contributed by atoms with van der Waals surface area (Å²) in [6.45, 7) is 2.14. The normalized spacial score (nSPS) is 20.6. The zero-order valence-corrected chi connectivity index (χ0v) is 15.0. The minimum Gasteiger partial charge on any atom is -0.395 e. The summed E-state index contributed by atoms with van der Waals surface area (Å²) in [6, 6.07) is 11.4. The summed E-state index contributed by atoms with van der Waals surface area (Å²) >= 11 is 1.55. The predicted octanol–water partition coefficient (Wildman–Crippen LogP) is 2.65.